The Bertz CT molecular complexity index is 925. The third-order valence-corrected chi connectivity index (χ3v) is 5.95. The highest BCUT2D eigenvalue weighted by atomic mass is 32.2. The zero-order valence-electron chi connectivity index (χ0n) is 17.0. The Hall–Kier alpha value is -2.22. The van der Waals surface area contributed by atoms with Gasteiger partial charge in [0.2, 0.25) is 15.9 Å². The molecule has 2 rings (SSSR count). The van der Waals surface area contributed by atoms with Crippen LogP contribution in [0.4, 0.5) is 5.69 Å². The molecule has 0 fully saturated rings. The molecule has 1 unspecified atom stereocenters. The molecule has 1 atom stereocenters. The lowest BCUT2D eigenvalue weighted by Gasteiger charge is -2.31. The minimum absolute atomic E-state index is 0.0746. The second kappa shape index (κ2) is 8.86. The molecule has 0 radical (unpaired) electrons. The summed E-state index contributed by atoms with van der Waals surface area (Å²) in [4.78, 5) is 11.4. The lowest BCUT2D eigenvalue weighted by atomic mass is 10.0. The predicted octanol–water partition coefficient (Wildman–Crippen LogP) is 3.36. The van der Waals surface area contributed by atoms with Crippen LogP contribution < -0.4 is 15.4 Å². The van der Waals surface area contributed by atoms with Gasteiger partial charge in [0, 0.05) is 30.7 Å². The van der Waals surface area contributed by atoms with Crippen LogP contribution in [-0.2, 0) is 14.8 Å². The van der Waals surface area contributed by atoms with Gasteiger partial charge < -0.3 is 10.6 Å². The van der Waals surface area contributed by atoms with Crippen molar-refractivity contribution in [3.05, 3.63) is 59.7 Å². The smallest absolute Gasteiger partial charge is 0.240 e. The summed E-state index contributed by atoms with van der Waals surface area (Å²) in [6.45, 7) is 9.29. The highest BCUT2D eigenvalue weighted by Crippen LogP contribution is 2.21. The van der Waals surface area contributed by atoms with E-state index in [9.17, 15) is 13.2 Å². The molecule has 0 aromatic heterocycles. The van der Waals surface area contributed by atoms with Crippen LogP contribution in [0.25, 0.3) is 0 Å². The van der Waals surface area contributed by atoms with Gasteiger partial charge in [0.15, 0.2) is 0 Å². The Morgan fingerprint density at radius 1 is 1.11 bits per heavy atom. The number of benzene rings is 2. The number of hydrogen-bond donors (Lipinski definition) is 3. The Balaban J connectivity index is 2.10. The molecular weight excluding hydrogens is 374 g/mol. The van der Waals surface area contributed by atoms with Crippen molar-refractivity contribution in [3.8, 4) is 0 Å². The third-order valence-electron chi connectivity index (χ3n) is 4.41. The standard InChI is InChI=1S/C21H29N3O3S/c1-15-11-12-19(23-17(3)25)13-20(15)28(26,27)22-14-21(4,5)24-16(2)18-9-7-6-8-10-18/h6-13,16,22,24H,14H2,1-5H3,(H,23,25). The van der Waals surface area contributed by atoms with Crippen molar-refractivity contribution in [2.45, 2.75) is 51.1 Å². The average Bonchev–Trinajstić information content (AvgIpc) is 2.62. The van der Waals surface area contributed by atoms with E-state index in [0.717, 1.165) is 5.56 Å². The van der Waals surface area contributed by atoms with E-state index >= 15 is 0 Å². The van der Waals surface area contributed by atoms with Crippen LogP contribution in [0.5, 0.6) is 0 Å². The van der Waals surface area contributed by atoms with Gasteiger partial charge in [-0.1, -0.05) is 36.4 Å². The molecule has 1 amide bonds. The second-order valence-corrected chi connectivity index (χ2v) is 9.38. The molecule has 0 bridgehead atoms. The van der Waals surface area contributed by atoms with Crippen molar-refractivity contribution >= 4 is 21.6 Å². The Kier molecular flexibility index (Phi) is 6.98. The van der Waals surface area contributed by atoms with Crippen molar-refractivity contribution in [2.24, 2.45) is 0 Å². The van der Waals surface area contributed by atoms with E-state index < -0.39 is 15.6 Å². The number of anilines is 1. The highest BCUT2D eigenvalue weighted by molar-refractivity contribution is 7.89. The second-order valence-electron chi connectivity index (χ2n) is 7.65. The van der Waals surface area contributed by atoms with Gasteiger partial charge in [-0.2, -0.15) is 0 Å². The van der Waals surface area contributed by atoms with Gasteiger partial charge in [0.05, 0.1) is 4.90 Å². The first kappa shape index (κ1) is 22.1. The monoisotopic (exact) mass is 403 g/mol. The molecule has 7 heteroatoms. The fourth-order valence-corrected chi connectivity index (χ4v) is 4.47. The number of hydrogen-bond acceptors (Lipinski definition) is 4. The summed E-state index contributed by atoms with van der Waals surface area (Å²) in [7, 11) is -3.72. The average molecular weight is 404 g/mol. The fraction of sp³-hybridized carbons (Fsp3) is 0.381. The largest absolute Gasteiger partial charge is 0.326 e. The molecule has 0 aliphatic heterocycles. The van der Waals surface area contributed by atoms with Crippen LogP contribution in [0, 0.1) is 6.92 Å². The molecule has 6 nitrogen and oxygen atoms in total. The Morgan fingerprint density at radius 3 is 2.36 bits per heavy atom. The quantitative estimate of drug-likeness (QED) is 0.631. The predicted molar refractivity (Wildman–Crippen MR) is 113 cm³/mol. The molecule has 0 heterocycles. The summed E-state index contributed by atoms with van der Waals surface area (Å²) in [6, 6.07) is 14.9. The van der Waals surface area contributed by atoms with Crippen molar-refractivity contribution in [2.75, 3.05) is 11.9 Å². The third kappa shape index (κ3) is 6.15. The number of nitrogens with one attached hydrogen (secondary N) is 3. The number of aryl methyl sites for hydroxylation is 1. The van der Waals surface area contributed by atoms with Crippen molar-refractivity contribution in [1.82, 2.24) is 10.0 Å². The zero-order valence-corrected chi connectivity index (χ0v) is 17.9. The lowest BCUT2D eigenvalue weighted by molar-refractivity contribution is -0.114. The molecule has 0 saturated carbocycles. The number of carbonyl (C=O) groups is 1. The molecule has 152 valence electrons. The molecule has 3 N–H and O–H groups in total. The molecular formula is C21H29N3O3S. The first-order valence-corrected chi connectivity index (χ1v) is 10.7. The van der Waals surface area contributed by atoms with Crippen molar-refractivity contribution < 1.29 is 13.2 Å². The van der Waals surface area contributed by atoms with Crippen LogP contribution in [0.1, 0.15) is 44.9 Å². The maximum absolute atomic E-state index is 12.8. The Labute approximate surface area is 167 Å². The van der Waals surface area contributed by atoms with E-state index in [4.69, 9.17) is 0 Å². The SMILES string of the molecule is CC(=O)Nc1ccc(C)c(S(=O)(=O)NCC(C)(C)NC(C)c2ccccc2)c1. The minimum Gasteiger partial charge on any atom is -0.326 e. The minimum atomic E-state index is -3.72. The summed E-state index contributed by atoms with van der Waals surface area (Å²) in [5.41, 5.74) is 1.74. The van der Waals surface area contributed by atoms with Gasteiger partial charge in [-0.25, -0.2) is 13.1 Å². The maximum atomic E-state index is 12.8. The fourth-order valence-electron chi connectivity index (χ4n) is 2.99. The van der Waals surface area contributed by atoms with E-state index in [1.54, 1.807) is 19.1 Å². The normalized spacial score (nSPS) is 13.2. The van der Waals surface area contributed by atoms with Crippen molar-refractivity contribution in [3.63, 3.8) is 0 Å². The number of sulfonamides is 1. The topological polar surface area (TPSA) is 87.3 Å². The number of rotatable bonds is 8. The zero-order chi connectivity index (χ0) is 20.9. The van der Waals surface area contributed by atoms with Crippen LogP contribution in [0.3, 0.4) is 0 Å². The van der Waals surface area contributed by atoms with E-state index in [0.29, 0.717) is 11.3 Å². The molecule has 0 saturated heterocycles. The number of carbonyl (C=O) groups excluding carboxylic acids is 1. The van der Waals surface area contributed by atoms with Gasteiger partial charge in [-0.05, 0) is 51.0 Å². The molecule has 0 spiro atoms. The van der Waals surface area contributed by atoms with Gasteiger partial charge >= 0.3 is 0 Å². The van der Waals surface area contributed by atoms with Crippen LogP contribution in [0.2, 0.25) is 0 Å². The highest BCUT2D eigenvalue weighted by Gasteiger charge is 2.25. The molecule has 0 aliphatic carbocycles. The van der Waals surface area contributed by atoms with Gasteiger partial charge in [0.1, 0.15) is 0 Å². The summed E-state index contributed by atoms with van der Waals surface area (Å²) < 4.78 is 28.4. The van der Waals surface area contributed by atoms with Gasteiger partial charge in [-0.3, -0.25) is 4.79 Å². The first-order valence-electron chi connectivity index (χ1n) is 9.21. The maximum Gasteiger partial charge on any atom is 0.240 e. The molecule has 0 aliphatic rings. The van der Waals surface area contributed by atoms with Crippen LogP contribution >= 0.6 is 0 Å². The summed E-state index contributed by atoms with van der Waals surface area (Å²) in [6.07, 6.45) is 0. The first-order chi connectivity index (χ1) is 13.0. The van der Waals surface area contributed by atoms with E-state index in [1.807, 2.05) is 51.1 Å². The van der Waals surface area contributed by atoms with E-state index in [2.05, 4.69) is 15.4 Å². The summed E-state index contributed by atoms with van der Waals surface area (Å²) in [5, 5.41) is 6.08. The molecule has 2 aromatic carbocycles. The summed E-state index contributed by atoms with van der Waals surface area (Å²) in [5.74, 6) is -0.250. The van der Waals surface area contributed by atoms with E-state index in [1.165, 1.54) is 13.0 Å². The van der Waals surface area contributed by atoms with Crippen LogP contribution in [0.15, 0.2) is 53.4 Å². The summed E-state index contributed by atoms with van der Waals surface area (Å²) >= 11 is 0. The lowest BCUT2D eigenvalue weighted by Crippen LogP contribution is -2.49. The molecule has 28 heavy (non-hydrogen) atoms. The Morgan fingerprint density at radius 2 is 1.75 bits per heavy atom. The van der Waals surface area contributed by atoms with Gasteiger partial charge in [0.25, 0.3) is 0 Å². The molecule has 2 aromatic rings. The van der Waals surface area contributed by atoms with Crippen molar-refractivity contribution in [1.29, 1.82) is 0 Å². The van der Waals surface area contributed by atoms with Crippen LogP contribution in [-0.4, -0.2) is 26.4 Å². The van der Waals surface area contributed by atoms with Gasteiger partial charge in [-0.15, -0.1) is 0 Å². The number of amides is 1. The van der Waals surface area contributed by atoms with E-state index in [-0.39, 0.29) is 23.4 Å².